The number of hydrogen-bond acceptors (Lipinski definition) is 2. The summed E-state index contributed by atoms with van der Waals surface area (Å²) in [6.07, 6.45) is 0. The van der Waals surface area contributed by atoms with E-state index in [9.17, 15) is 0 Å². The van der Waals surface area contributed by atoms with Crippen LogP contribution in [0.1, 0.15) is 27.7 Å². The average molecular weight is 175 g/mol. The zero-order chi connectivity index (χ0) is 9.12. The van der Waals surface area contributed by atoms with Crippen molar-refractivity contribution in [1.29, 1.82) is 0 Å². The van der Waals surface area contributed by atoms with E-state index in [0.29, 0.717) is 5.04 Å². The highest BCUT2D eigenvalue weighted by Crippen LogP contribution is 2.35. The number of nitrogens with one attached hydrogen (secondary N) is 1. The van der Waals surface area contributed by atoms with Gasteiger partial charge >= 0.3 is 0 Å². The van der Waals surface area contributed by atoms with E-state index < -0.39 is 8.32 Å². The van der Waals surface area contributed by atoms with Gasteiger partial charge < -0.3 is 4.53 Å². The van der Waals surface area contributed by atoms with Crippen LogP contribution in [0.3, 0.4) is 0 Å². The van der Waals surface area contributed by atoms with Gasteiger partial charge in [-0.15, -0.1) is 0 Å². The standard InChI is InChI=1S/C8H21NOSi/c1-7-9-10-11(5,6)8(2,3)4/h9H,7H2,1-6H3. The summed E-state index contributed by atoms with van der Waals surface area (Å²) in [5.41, 5.74) is 2.96. The Morgan fingerprint density at radius 1 is 1.27 bits per heavy atom. The lowest BCUT2D eigenvalue weighted by Gasteiger charge is -2.35. The Labute approximate surface area is 71.4 Å². The molecule has 0 unspecified atom stereocenters. The van der Waals surface area contributed by atoms with Gasteiger partial charge in [0.25, 0.3) is 0 Å². The molecule has 0 saturated heterocycles. The Hall–Kier alpha value is 0.137. The molecule has 0 aromatic heterocycles. The van der Waals surface area contributed by atoms with Crippen LogP contribution in [-0.4, -0.2) is 14.9 Å². The highest BCUT2D eigenvalue weighted by molar-refractivity contribution is 6.74. The molecule has 0 aromatic carbocycles. The minimum atomic E-state index is -1.54. The molecule has 0 bridgehead atoms. The van der Waals surface area contributed by atoms with Gasteiger partial charge in [-0.3, -0.25) is 0 Å². The molecule has 0 aliphatic rings. The first-order valence-electron chi connectivity index (χ1n) is 4.22. The predicted octanol–water partition coefficient (Wildman–Crippen LogP) is 2.53. The van der Waals surface area contributed by atoms with Crippen molar-refractivity contribution in [2.24, 2.45) is 0 Å². The minimum Gasteiger partial charge on any atom is -0.345 e. The molecule has 0 amide bonds. The Kier molecular flexibility index (Phi) is 3.74. The smallest absolute Gasteiger partial charge is 0.219 e. The second-order valence-corrected chi connectivity index (χ2v) is 9.09. The molecule has 68 valence electrons. The maximum absolute atomic E-state index is 5.63. The molecule has 0 atom stereocenters. The summed E-state index contributed by atoms with van der Waals surface area (Å²) in [7, 11) is -1.54. The van der Waals surface area contributed by atoms with Crippen LogP contribution in [-0.2, 0) is 4.53 Å². The Balaban J connectivity index is 4.00. The molecule has 0 aliphatic carbocycles. The molecule has 0 fully saturated rings. The second kappa shape index (κ2) is 3.69. The van der Waals surface area contributed by atoms with Crippen LogP contribution < -0.4 is 5.48 Å². The third-order valence-electron chi connectivity index (χ3n) is 2.28. The zero-order valence-electron chi connectivity index (χ0n) is 8.62. The van der Waals surface area contributed by atoms with Crippen molar-refractivity contribution in [1.82, 2.24) is 5.48 Å². The maximum Gasteiger partial charge on any atom is 0.219 e. The molecule has 0 radical (unpaired) electrons. The van der Waals surface area contributed by atoms with Gasteiger partial charge in [0, 0.05) is 6.54 Å². The minimum absolute atomic E-state index is 0.301. The van der Waals surface area contributed by atoms with E-state index in [-0.39, 0.29) is 0 Å². The van der Waals surface area contributed by atoms with Crippen molar-refractivity contribution in [2.45, 2.75) is 45.8 Å². The molecule has 0 heterocycles. The summed E-state index contributed by atoms with van der Waals surface area (Å²) in [6, 6.07) is 0. The first-order chi connectivity index (χ1) is 4.81. The van der Waals surface area contributed by atoms with E-state index >= 15 is 0 Å². The molecular weight excluding hydrogens is 154 g/mol. The zero-order valence-corrected chi connectivity index (χ0v) is 9.62. The lowest BCUT2D eigenvalue weighted by Crippen LogP contribution is -2.44. The van der Waals surface area contributed by atoms with Crippen molar-refractivity contribution in [3.8, 4) is 0 Å². The Bertz CT molecular complexity index is 118. The van der Waals surface area contributed by atoms with Gasteiger partial charge in [-0.05, 0) is 18.1 Å². The normalized spacial score (nSPS) is 13.6. The monoisotopic (exact) mass is 175 g/mol. The third-order valence-corrected chi connectivity index (χ3v) is 6.54. The number of hydroxylamine groups is 1. The Morgan fingerprint density at radius 3 is 2.00 bits per heavy atom. The topological polar surface area (TPSA) is 21.3 Å². The van der Waals surface area contributed by atoms with Crippen molar-refractivity contribution in [3.05, 3.63) is 0 Å². The van der Waals surface area contributed by atoms with Gasteiger partial charge in [0.15, 0.2) is 0 Å². The van der Waals surface area contributed by atoms with Gasteiger partial charge in [-0.25, -0.2) is 5.48 Å². The molecular formula is C8H21NOSi. The lowest BCUT2D eigenvalue weighted by atomic mass is 10.2. The first kappa shape index (κ1) is 11.1. The third kappa shape index (κ3) is 3.36. The highest BCUT2D eigenvalue weighted by Gasteiger charge is 2.37. The summed E-state index contributed by atoms with van der Waals surface area (Å²) >= 11 is 0. The van der Waals surface area contributed by atoms with Crippen molar-refractivity contribution >= 4 is 8.32 Å². The average Bonchev–Trinajstić information content (AvgIpc) is 1.81. The molecule has 0 rings (SSSR count). The molecule has 0 spiro atoms. The molecule has 2 nitrogen and oxygen atoms in total. The molecule has 11 heavy (non-hydrogen) atoms. The molecule has 0 aromatic rings. The van der Waals surface area contributed by atoms with Gasteiger partial charge in [-0.1, -0.05) is 27.7 Å². The van der Waals surface area contributed by atoms with Gasteiger partial charge in [-0.2, -0.15) is 0 Å². The summed E-state index contributed by atoms with van der Waals surface area (Å²) in [5.74, 6) is 0. The van der Waals surface area contributed by atoms with Gasteiger partial charge in [0.2, 0.25) is 8.32 Å². The predicted molar refractivity (Wildman–Crippen MR) is 52.0 cm³/mol. The van der Waals surface area contributed by atoms with Crippen molar-refractivity contribution in [3.63, 3.8) is 0 Å². The molecule has 0 saturated carbocycles. The molecule has 3 heteroatoms. The van der Waals surface area contributed by atoms with E-state index in [2.05, 4.69) is 39.3 Å². The Morgan fingerprint density at radius 2 is 1.73 bits per heavy atom. The maximum atomic E-state index is 5.63. The van der Waals surface area contributed by atoms with Gasteiger partial charge in [0.1, 0.15) is 0 Å². The van der Waals surface area contributed by atoms with E-state index in [1.165, 1.54) is 0 Å². The van der Waals surface area contributed by atoms with Crippen LogP contribution in [0.5, 0.6) is 0 Å². The largest absolute Gasteiger partial charge is 0.345 e. The fourth-order valence-electron chi connectivity index (χ4n) is 0.406. The molecule has 1 N–H and O–H groups in total. The quantitative estimate of drug-likeness (QED) is 0.526. The van der Waals surface area contributed by atoms with E-state index in [0.717, 1.165) is 6.54 Å². The summed E-state index contributed by atoms with van der Waals surface area (Å²) in [4.78, 5) is 0. The van der Waals surface area contributed by atoms with Crippen LogP contribution >= 0.6 is 0 Å². The van der Waals surface area contributed by atoms with Crippen LogP contribution in [0.25, 0.3) is 0 Å². The van der Waals surface area contributed by atoms with Gasteiger partial charge in [0.05, 0.1) is 0 Å². The summed E-state index contributed by atoms with van der Waals surface area (Å²) < 4.78 is 5.63. The molecule has 0 aliphatic heterocycles. The summed E-state index contributed by atoms with van der Waals surface area (Å²) in [6.45, 7) is 14.1. The van der Waals surface area contributed by atoms with E-state index in [1.807, 2.05) is 6.92 Å². The highest BCUT2D eigenvalue weighted by atomic mass is 28.4. The lowest BCUT2D eigenvalue weighted by molar-refractivity contribution is 0.179. The second-order valence-electron chi connectivity index (χ2n) is 4.36. The number of hydrogen-bond donors (Lipinski definition) is 1. The van der Waals surface area contributed by atoms with Crippen molar-refractivity contribution < 1.29 is 4.53 Å². The fourth-order valence-corrected chi connectivity index (χ4v) is 1.22. The van der Waals surface area contributed by atoms with Crippen molar-refractivity contribution in [2.75, 3.05) is 6.54 Å². The SMILES string of the molecule is CCNO[Si](C)(C)C(C)(C)C. The van der Waals surface area contributed by atoms with Crippen LogP contribution in [0, 0.1) is 0 Å². The van der Waals surface area contributed by atoms with Crippen LogP contribution in [0.2, 0.25) is 18.1 Å². The van der Waals surface area contributed by atoms with E-state index in [1.54, 1.807) is 0 Å². The summed E-state index contributed by atoms with van der Waals surface area (Å²) in [5, 5.41) is 0.301. The van der Waals surface area contributed by atoms with E-state index in [4.69, 9.17) is 4.53 Å². The first-order valence-corrected chi connectivity index (χ1v) is 7.13. The number of rotatable bonds is 3. The van der Waals surface area contributed by atoms with Crippen LogP contribution in [0.4, 0.5) is 0 Å². The van der Waals surface area contributed by atoms with Crippen LogP contribution in [0.15, 0.2) is 0 Å². The fraction of sp³-hybridized carbons (Fsp3) is 1.00.